The zero-order valence-corrected chi connectivity index (χ0v) is 21.9. The highest BCUT2D eigenvalue weighted by molar-refractivity contribution is 5.89. The van der Waals surface area contributed by atoms with E-state index in [2.05, 4.69) is 4.74 Å². The third-order valence-electron chi connectivity index (χ3n) is 6.70. The van der Waals surface area contributed by atoms with Crippen LogP contribution in [0.2, 0.25) is 0 Å². The van der Waals surface area contributed by atoms with Crippen LogP contribution in [0.25, 0.3) is 0 Å². The van der Waals surface area contributed by atoms with Crippen LogP contribution in [-0.2, 0) is 9.53 Å². The first-order valence-corrected chi connectivity index (χ1v) is 12.4. The number of aryl methyl sites for hydroxylation is 2. The molecule has 1 aliphatic carbocycles. The maximum absolute atomic E-state index is 12.9. The van der Waals surface area contributed by atoms with Crippen LogP contribution in [0.15, 0.2) is 66.7 Å². The summed E-state index contributed by atoms with van der Waals surface area (Å²) >= 11 is 0. The molecule has 0 aliphatic heterocycles. The van der Waals surface area contributed by atoms with E-state index in [1.165, 1.54) is 38.1 Å². The molecule has 0 radical (unpaired) electrons. The van der Waals surface area contributed by atoms with Crippen molar-refractivity contribution in [2.24, 2.45) is 5.92 Å². The average molecular weight is 543 g/mol. The van der Waals surface area contributed by atoms with Crippen LogP contribution in [0.4, 0.5) is 13.2 Å². The number of benzene rings is 3. The van der Waals surface area contributed by atoms with Crippen molar-refractivity contribution >= 4 is 11.9 Å². The van der Waals surface area contributed by atoms with E-state index >= 15 is 0 Å². The van der Waals surface area contributed by atoms with Crippen molar-refractivity contribution in [2.45, 2.75) is 58.1 Å². The van der Waals surface area contributed by atoms with Gasteiger partial charge in [0.25, 0.3) is 0 Å². The maximum Gasteiger partial charge on any atom is 0.573 e. The second kappa shape index (κ2) is 10.6. The number of carboxylic acid groups (broad SMARTS) is 1. The molecule has 6 nitrogen and oxygen atoms in total. The lowest BCUT2D eigenvalue weighted by Crippen LogP contribution is -2.38. The first kappa shape index (κ1) is 28.0. The monoisotopic (exact) mass is 542 g/mol. The van der Waals surface area contributed by atoms with Gasteiger partial charge in [-0.3, -0.25) is 0 Å². The summed E-state index contributed by atoms with van der Waals surface area (Å²) in [5, 5.41) is 9.44. The van der Waals surface area contributed by atoms with Gasteiger partial charge in [-0.15, -0.1) is 13.2 Å². The van der Waals surface area contributed by atoms with Gasteiger partial charge >= 0.3 is 18.3 Å². The molecule has 0 bridgehead atoms. The van der Waals surface area contributed by atoms with E-state index < -0.39 is 30.0 Å². The van der Waals surface area contributed by atoms with Crippen LogP contribution < -0.4 is 9.47 Å². The van der Waals surface area contributed by atoms with E-state index in [-0.39, 0.29) is 17.6 Å². The van der Waals surface area contributed by atoms with Gasteiger partial charge in [-0.05, 0) is 86.6 Å². The molecule has 0 heterocycles. The SMILES string of the molecule is Cc1cc(C2CC2C(OC(=O)c2ccccc2)c2ccc(OC(F)(F)F)cc2)cc(C)c1OC(C)(C)C(=O)O. The zero-order chi connectivity index (χ0) is 28.5. The van der Waals surface area contributed by atoms with Crippen molar-refractivity contribution in [3.8, 4) is 11.5 Å². The fourth-order valence-corrected chi connectivity index (χ4v) is 4.61. The van der Waals surface area contributed by atoms with Gasteiger partial charge < -0.3 is 19.3 Å². The van der Waals surface area contributed by atoms with Crippen LogP contribution in [0.1, 0.15) is 64.9 Å². The minimum atomic E-state index is -4.81. The molecule has 206 valence electrons. The Morgan fingerprint density at radius 2 is 1.51 bits per heavy atom. The van der Waals surface area contributed by atoms with Crippen molar-refractivity contribution in [1.82, 2.24) is 0 Å². The lowest BCUT2D eigenvalue weighted by molar-refractivity contribution is -0.274. The molecule has 3 aromatic rings. The molecule has 3 aromatic carbocycles. The summed E-state index contributed by atoms with van der Waals surface area (Å²) in [4.78, 5) is 24.5. The van der Waals surface area contributed by atoms with Gasteiger partial charge in [0, 0.05) is 5.92 Å². The first-order valence-electron chi connectivity index (χ1n) is 12.4. The van der Waals surface area contributed by atoms with Crippen molar-refractivity contribution in [3.63, 3.8) is 0 Å². The number of ether oxygens (including phenoxy) is 3. The quantitative estimate of drug-likeness (QED) is 0.289. The first-order chi connectivity index (χ1) is 18.2. The topological polar surface area (TPSA) is 82.1 Å². The second-order valence-corrected chi connectivity index (χ2v) is 10.2. The Morgan fingerprint density at radius 1 is 0.923 bits per heavy atom. The minimum Gasteiger partial charge on any atom is -0.478 e. The Hall–Kier alpha value is -4.01. The van der Waals surface area contributed by atoms with Gasteiger partial charge in [0.2, 0.25) is 0 Å². The van der Waals surface area contributed by atoms with Crippen molar-refractivity contribution in [2.75, 3.05) is 0 Å². The fraction of sp³-hybridized carbons (Fsp3) is 0.333. The lowest BCUT2D eigenvalue weighted by Gasteiger charge is -2.25. The van der Waals surface area contributed by atoms with Gasteiger partial charge in [-0.1, -0.05) is 42.5 Å². The molecule has 3 atom stereocenters. The third kappa shape index (κ3) is 6.71. The van der Waals surface area contributed by atoms with Crippen molar-refractivity contribution in [3.05, 3.63) is 94.5 Å². The molecule has 0 aromatic heterocycles. The number of halogens is 3. The highest BCUT2D eigenvalue weighted by Crippen LogP contribution is 2.56. The average Bonchev–Trinajstić information content (AvgIpc) is 3.65. The highest BCUT2D eigenvalue weighted by Gasteiger charge is 2.47. The molecule has 4 rings (SSSR count). The number of alkyl halides is 3. The van der Waals surface area contributed by atoms with Crippen LogP contribution in [0.3, 0.4) is 0 Å². The number of carbonyl (C=O) groups excluding carboxylic acids is 1. The third-order valence-corrected chi connectivity index (χ3v) is 6.70. The summed E-state index contributed by atoms with van der Waals surface area (Å²) in [5.41, 5.74) is 2.04. The van der Waals surface area contributed by atoms with Gasteiger partial charge in [-0.2, -0.15) is 0 Å². The summed E-state index contributed by atoms with van der Waals surface area (Å²) < 4.78 is 53.6. The van der Waals surface area contributed by atoms with E-state index in [9.17, 15) is 27.9 Å². The van der Waals surface area contributed by atoms with Crippen LogP contribution in [0.5, 0.6) is 11.5 Å². The summed E-state index contributed by atoms with van der Waals surface area (Å²) in [6, 6.07) is 17.7. The standard InChI is InChI=1S/C30H29F3O6/c1-17-14-21(15-18(2)25(17)39-29(3,4)28(35)36)23-16-24(23)26(37-27(34)20-8-6-5-7-9-20)19-10-12-22(13-11-19)38-30(31,32)33/h5-15,23-24,26H,16H2,1-4H3,(H,35,36). The number of carbonyl (C=O) groups is 2. The Labute approximate surface area is 224 Å². The van der Waals surface area contributed by atoms with Crippen molar-refractivity contribution < 1.29 is 42.1 Å². The molecule has 1 fully saturated rings. The normalized spacial score (nSPS) is 17.7. The van der Waals surface area contributed by atoms with E-state index in [1.54, 1.807) is 30.3 Å². The van der Waals surface area contributed by atoms with Crippen LogP contribution in [0, 0.1) is 19.8 Å². The molecule has 0 saturated heterocycles. The van der Waals surface area contributed by atoms with Gasteiger partial charge in [-0.25, -0.2) is 9.59 Å². The zero-order valence-electron chi connectivity index (χ0n) is 21.9. The Bertz CT molecular complexity index is 1330. The van der Waals surface area contributed by atoms with E-state index in [4.69, 9.17) is 9.47 Å². The number of esters is 1. The summed E-state index contributed by atoms with van der Waals surface area (Å²) in [5.74, 6) is -1.58. The van der Waals surface area contributed by atoms with Crippen LogP contribution >= 0.6 is 0 Å². The minimum absolute atomic E-state index is 0.0172. The Kier molecular flexibility index (Phi) is 7.63. The largest absolute Gasteiger partial charge is 0.573 e. The smallest absolute Gasteiger partial charge is 0.478 e. The molecule has 1 N–H and O–H groups in total. The molecule has 1 saturated carbocycles. The Morgan fingerprint density at radius 3 is 2.05 bits per heavy atom. The molecule has 3 unspecified atom stereocenters. The molecule has 0 spiro atoms. The van der Waals surface area contributed by atoms with E-state index in [0.717, 1.165) is 16.7 Å². The van der Waals surface area contributed by atoms with E-state index in [1.807, 2.05) is 26.0 Å². The maximum atomic E-state index is 12.9. The highest BCUT2D eigenvalue weighted by atomic mass is 19.4. The molecular formula is C30H29F3O6. The summed E-state index contributed by atoms with van der Waals surface area (Å²) in [7, 11) is 0. The molecule has 1 aliphatic rings. The summed E-state index contributed by atoms with van der Waals surface area (Å²) in [6.07, 6.45) is -4.83. The molecule has 0 amide bonds. The summed E-state index contributed by atoms with van der Waals surface area (Å²) in [6.45, 7) is 6.65. The number of aliphatic carboxylic acids is 1. The molecular weight excluding hydrogens is 513 g/mol. The molecule has 9 heteroatoms. The fourth-order valence-electron chi connectivity index (χ4n) is 4.61. The van der Waals surface area contributed by atoms with E-state index in [0.29, 0.717) is 23.3 Å². The Balaban J connectivity index is 1.60. The van der Waals surface area contributed by atoms with Gasteiger partial charge in [0.05, 0.1) is 5.56 Å². The van der Waals surface area contributed by atoms with Crippen molar-refractivity contribution in [1.29, 1.82) is 0 Å². The number of hydrogen-bond donors (Lipinski definition) is 1. The van der Waals surface area contributed by atoms with Gasteiger partial charge in [0.15, 0.2) is 5.60 Å². The number of hydrogen-bond acceptors (Lipinski definition) is 5. The number of carboxylic acids is 1. The van der Waals surface area contributed by atoms with Crippen LogP contribution in [-0.4, -0.2) is 29.0 Å². The van der Waals surface area contributed by atoms with Gasteiger partial charge in [0.1, 0.15) is 17.6 Å². The lowest BCUT2D eigenvalue weighted by atomic mass is 9.97. The number of rotatable bonds is 9. The second-order valence-electron chi connectivity index (χ2n) is 10.2. The predicted octanol–water partition coefficient (Wildman–Crippen LogP) is 7.15. The predicted molar refractivity (Wildman–Crippen MR) is 137 cm³/mol. The molecule has 39 heavy (non-hydrogen) atoms.